The Hall–Kier alpha value is -1.18. The van der Waals surface area contributed by atoms with Crippen LogP contribution in [0.5, 0.6) is 0 Å². The third-order valence-corrected chi connectivity index (χ3v) is 4.79. The minimum Gasteiger partial charge on any atom is -0.372 e. The van der Waals surface area contributed by atoms with Gasteiger partial charge in [0.2, 0.25) is 6.41 Å². The fourth-order valence-corrected chi connectivity index (χ4v) is 2.48. The number of nitrogens with two attached hydrogens (primary N) is 1. The molecule has 1 aromatic heterocycles. The minimum atomic E-state index is -0.995. The molecule has 0 unspecified atom stereocenters. The van der Waals surface area contributed by atoms with Crippen LogP contribution < -0.4 is 11.1 Å². The standard InChI is InChI=1S/C13H27N3OSi.CH3NO/c1-11-12(2)16(13(15-11)9-14-3)10-17-7-8-18(4,5)6;2-1-3/h14H,7-10H2,1-6H3;1H,(H2,2,3). The van der Waals surface area contributed by atoms with Crippen molar-refractivity contribution in [1.82, 2.24) is 14.9 Å². The highest BCUT2D eigenvalue weighted by Gasteiger charge is 2.13. The number of hydrogen-bond donors (Lipinski definition) is 2. The Morgan fingerprint density at radius 3 is 2.43 bits per heavy atom. The number of aromatic nitrogens is 2. The summed E-state index contributed by atoms with van der Waals surface area (Å²) in [5, 5.41) is 3.15. The van der Waals surface area contributed by atoms with Crippen molar-refractivity contribution < 1.29 is 9.53 Å². The molecule has 1 aromatic rings. The van der Waals surface area contributed by atoms with Gasteiger partial charge in [0, 0.05) is 20.4 Å². The lowest BCUT2D eigenvalue weighted by atomic mass is 10.4. The molecule has 0 spiro atoms. The van der Waals surface area contributed by atoms with Gasteiger partial charge < -0.3 is 20.4 Å². The summed E-state index contributed by atoms with van der Waals surface area (Å²) in [4.78, 5) is 13.1. The monoisotopic (exact) mass is 314 g/mol. The number of amides is 1. The summed E-state index contributed by atoms with van der Waals surface area (Å²) in [7, 11) is 0.945. The molecule has 0 aromatic carbocycles. The number of imidazole rings is 1. The van der Waals surface area contributed by atoms with E-state index in [2.05, 4.69) is 47.2 Å². The summed E-state index contributed by atoms with van der Waals surface area (Å²) in [5.41, 5.74) is 6.46. The molecule has 122 valence electrons. The molecule has 0 aliphatic rings. The van der Waals surface area contributed by atoms with E-state index in [0.29, 0.717) is 6.73 Å². The zero-order chi connectivity index (χ0) is 16.5. The van der Waals surface area contributed by atoms with E-state index >= 15 is 0 Å². The molecule has 6 nitrogen and oxygen atoms in total. The SMILES string of the molecule is CNCc1nc(C)c(C)n1COCC[Si](C)(C)C.NC=O. The first-order valence-corrected chi connectivity index (χ1v) is 10.9. The number of primary amides is 1. The molecule has 0 saturated carbocycles. The summed E-state index contributed by atoms with van der Waals surface area (Å²) in [6, 6.07) is 1.21. The van der Waals surface area contributed by atoms with E-state index in [9.17, 15) is 0 Å². The molecule has 0 aliphatic heterocycles. The van der Waals surface area contributed by atoms with Gasteiger partial charge in [0.25, 0.3) is 0 Å². The third-order valence-electron chi connectivity index (χ3n) is 3.09. The molecule has 0 bridgehead atoms. The zero-order valence-corrected chi connectivity index (χ0v) is 15.2. The maximum Gasteiger partial charge on any atom is 0.204 e. The zero-order valence-electron chi connectivity index (χ0n) is 14.2. The fourth-order valence-electron chi connectivity index (χ4n) is 1.72. The number of carbonyl (C=O) groups excluding carboxylic acids is 1. The van der Waals surface area contributed by atoms with Crippen LogP contribution in [0.1, 0.15) is 17.2 Å². The number of nitrogens with zero attached hydrogens (tertiary/aromatic N) is 2. The Kier molecular flexibility index (Phi) is 9.15. The topological polar surface area (TPSA) is 82.2 Å². The average Bonchev–Trinajstić information content (AvgIpc) is 2.62. The predicted octanol–water partition coefficient (Wildman–Crippen LogP) is 1.63. The second-order valence-corrected chi connectivity index (χ2v) is 11.8. The van der Waals surface area contributed by atoms with Gasteiger partial charge >= 0.3 is 0 Å². The normalized spacial score (nSPS) is 11.0. The van der Waals surface area contributed by atoms with Crippen LogP contribution in [0.25, 0.3) is 0 Å². The smallest absolute Gasteiger partial charge is 0.204 e. The average molecular weight is 315 g/mol. The number of nitrogens with one attached hydrogen (secondary N) is 1. The van der Waals surface area contributed by atoms with Gasteiger partial charge in [0.15, 0.2) is 0 Å². The van der Waals surface area contributed by atoms with Crippen molar-refractivity contribution in [2.24, 2.45) is 5.73 Å². The van der Waals surface area contributed by atoms with Crippen LogP contribution in [0, 0.1) is 13.8 Å². The summed E-state index contributed by atoms with van der Waals surface area (Å²) in [6.45, 7) is 13.5. The van der Waals surface area contributed by atoms with Gasteiger partial charge in [-0.15, -0.1) is 0 Å². The maximum absolute atomic E-state index is 8.58. The Labute approximate surface area is 129 Å². The van der Waals surface area contributed by atoms with Crippen LogP contribution >= 0.6 is 0 Å². The molecule has 1 amide bonds. The molecule has 0 atom stereocenters. The Morgan fingerprint density at radius 1 is 1.38 bits per heavy atom. The van der Waals surface area contributed by atoms with Crippen LogP contribution in [0.4, 0.5) is 0 Å². The lowest BCUT2D eigenvalue weighted by Gasteiger charge is -2.16. The first-order valence-electron chi connectivity index (χ1n) is 7.17. The molecule has 0 fully saturated rings. The van der Waals surface area contributed by atoms with E-state index in [1.165, 1.54) is 11.7 Å². The highest BCUT2D eigenvalue weighted by atomic mass is 28.3. The van der Waals surface area contributed by atoms with E-state index in [0.717, 1.165) is 24.7 Å². The first kappa shape index (κ1) is 19.8. The number of rotatable bonds is 7. The number of carbonyl (C=O) groups is 1. The van der Waals surface area contributed by atoms with Crippen molar-refractivity contribution in [3.05, 3.63) is 17.2 Å². The number of ether oxygens (including phenoxy) is 1. The van der Waals surface area contributed by atoms with Gasteiger partial charge in [0.1, 0.15) is 12.6 Å². The lowest BCUT2D eigenvalue weighted by Crippen LogP contribution is -2.22. The molecule has 7 heteroatoms. The first-order chi connectivity index (χ1) is 9.76. The Morgan fingerprint density at radius 2 is 1.95 bits per heavy atom. The second-order valence-electron chi connectivity index (χ2n) is 6.14. The quantitative estimate of drug-likeness (QED) is 0.455. The summed E-state index contributed by atoms with van der Waals surface area (Å²) >= 11 is 0. The van der Waals surface area contributed by atoms with Crippen molar-refractivity contribution in [2.45, 2.75) is 52.8 Å². The van der Waals surface area contributed by atoms with Gasteiger partial charge in [0.05, 0.1) is 12.2 Å². The molecular weight excluding hydrogens is 284 g/mol. The number of aryl methyl sites for hydroxylation is 1. The molecule has 0 aliphatic carbocycles. The van der Waals surface area contributed by atoms with E-state index in [4.69, 9.17) is 9.53 Å². The van der Waals surface area contributed by atoms with Crippen molar-refractivity contribution in [2.75, 3.05) is 13.7 Å². The summed E-state index contributed by atoms with van der Waals surface area (Å²) in [5.74, 6) is 1.06. The van der Waals surface area contributed by atoms with Crippen molar-refractivity contribution in [3.63, 3.8) is 0 Å². The Bertz CT molecular complexity index is 427. The summed E-state index contributed by atoms with van der Waals surface area (Å²) in [6.07, 6.45) is 0.250. The predicted molar refractivity (Wildman–Crippen MR) is 88.8 cm³/mol. The molecule has 0 saturated heterocycles. The second kappa shape index (κ2) is 9.70. The highest BCUT2D eigenvalue weighted by molar-refractivity contribution is 6.76. The lowest BCUT2D eigenvalue weighted by molar-refractivity contribution is -0.106. The van der Waals surface area contributed by atoms with Crippen LogP contribution in [0.3, 0.4) is 0 Å². The van der Waals surface area contributed by atoms with Crippen LogP contribution in [0.15, 0.2) is 0 Å². The van der Waals surface area contributed by atoms with Crippen LogP contribution in [-0.2, 0) is 22.8 Å². The van der Waals surface area contributed by atoms with E-state index < -0.39 is 8.07 Å². The van der Waals surface area contributed by atoms with Crippen molar-refractivity contribution in [3.8, 4) is 0 Å². The molecule has 1 heterocycles. The van der Waals surface area contributed by atoms with Crippen LogP contribution in [-0.4, -0.2) is 37.7 Å². The Balaban J connectivity index is 0.00000122. The van der Waals surface area contributed by atoms with Gasteiger partial charge in [-0.25, -0.2) is 4.98 Å². The van der Waals surface area contributed by atoms with Gasteiger partial charge in [-0.2, -0.15) is 0 Å². The molecule has 3 N–H and O–H groups in total. The maximum atomic E-state index is 8.58. The molecular formula is C14H30N4O2Si. The molecule has 1 rings (SSSR count). The van der Waals surface area contributed by atoms with Crippen molar-refractivity contribution in [1.29, 1.82) is 0 Å². The van der Waals surface area contributed by atoms with E-state index in [1.807, 2.05) is 14.0 Å². The van der Waals surface area contributed by atoms with Crippen LogP contribution in [0.2, 0.25) is 25.7 Å². The van der Waals surface area contributed by atoms with E-state index in [-0.39, 0.29) is 6.41 Å². The molecule has 0 radical (unpaired) electrons. The summed E-state index contributed by atoms with van der Waals surface area (Å²) < 4.78 is 7.97. The highest BCUT2D eigenvalue weighted by Crippen LogP contribution is 2.12. The fraction of sp³-hybridized carbons (Fsp3) is 0.714. The number of hydrogen-bond acceptors (Lipinski definition) is 4. The van der Waals surface area contributed by atoms with Gasteiger partial charge in [-0.3, -0.25) is 4.79 Å². The van der Waals surface area contributed by atoms with Gasteiger partial charge in [-0.1, -0.05) is 19.6 Å². The van der Waals surface area contributed by atoms with Crippen molar-refractivity contribution >= 4 is 14.5 Å². The largest absolute Gasteiger partial charge is 0.372 e. The van der Waals surface area contributed by atoms with E-state index in [1.54, 1.807) is 0 Å². The minimum absolute atomic E-state index is 0.250. The van der Waals surface area contributed by atoms with Gasteiger partial charge in [-0.05, 0) is 26.9 Å². The molecule has 21 heavy (non-hydrogen) atoms. The third kappa shape index (κ3) is 7.98.